The molecule has 0 spiro atoms. The Hall–Kier alpha value is -1.36. The zero-order chi connectivity index (χ0) is 10.6. The van der Waals surface area contributed by atoms with E-state index in [2.05, 4.69) is 26.6 Å². The van der Waals surface area contributed by atoms with Crippen molar-refractivity contribution in [3.05, 3.63) is 34.3 Å². The third kappa shape index (κ3) is 2.85. The third-order valence-electron chi connectivity index (χ3n) is 1.56. The standard InChI is InChI=1S/C9H9BrN2O2/c1-11-9(14)12-8(13)6-2-4-7(10)5-3-6/h2-5H,1H3,(H2,11,12,13,14). The molecule has 2 N–H and O–H groups in total. The van der Waals surface area contributed by atoms with Gasteiger partial charge in [0.25, 0.3) is 5.91 Å². The number of hydrogen-bond donors (Lipinski definition) is 2. The van der Waals surface area contributed by atoms with Crippen LogP contribution >= 0.6 is 15.9 Å². The van der Waals surface area contributed by atoms with Gasteiger partial charge in [0.05, 0.1) is 0 Å². The third-order valence-corrected chi connectivity index (χ3v) is 2.09. The highest BCUT2D eigenvalue weighted by Crippen LogP contribution is 2.10. The molecule has 0 bridgehead atoms. The molecule has 0 aliphatic carbocycles. The second-order valence-electron chi connectivity index (χ2n) is 2.54. The van der Waals surface area contributed by atoms with E-state index in [1.54, 1.807) is 24.3 Å². The van der Waals surface area contributed by atoms with Crippen LogP contribution in [0.2, 0.25) is 0 Å². The van der Waals surface area contributed by atoms with Crippen LogP contribution in [0, 0.1) is 0 Å². The summed E-state index contributed by atoms with van der Waals surface area (Å²) >= 11 is 3.25. The average molecular weight is 257 g/mol. The number of rotatable bonds is 1. The summed E-state index contributed by atoms with van der Waals surface area (Å²) in [5.41, 5.74) is 0.441. The maximum atomic E-state index is 11.3. The molecule has 5 heteroatoms. The lowest BCUT2D eigenvalue weighted by atomic mass is 10.2. The predicted molar refractivity (Wildman–Crippen MR) is 56.1 cm³/mol. The SMILES string of the molecule is CNC(=O)NC(=O)c1ccc(Br)cc1. The number of urea groups is 1. The minimum Gasteiger partial charge on any atom is -0.341 e. The molecule has 1 rings (SSSR count). The molecule has 0 atom stereocenters. The molecule has 14 heavy (non-hydrogen) atoms. The van der Waals surface area contributed by atoms with Crippen molar-refractivity contribution < 1.29 is 9.59 Å². The van der Waals surface area contributed by atoms with E-state index in [0.717, 1.165) is 4.47 Å². The van der Waals surface area contributed by atoms with Crippen LogP contribution in [-0.2, 0) is 0 Å². The van der Waals surface area contributed by atoms with Gasteiger partial charge in [-0.25, -0.2) is 4.79 Å². The second kappa shape index (κ2) is 4.76. The molecule has 0 saturated carbocycles. The molecule has 0 fully saturated rings. The first-order valence-electron chi connectivity index (χ1n) is 3.92. The molecule has 0 aliphatic rings. The number of carbonyl (C=O) groups excluding carboxylic acids is 2. The summed E-state index contributed by atoms with van der Waals surface area (Å²) < 4.78 is 0.883. The Bertz CT molecular complexity index is 348. The Labute approximate surface area is 89.8 Å². The van der Waals surface area contributed by atoms with Crippen molar-refractivity contribution in [3.8, 4) is 0 Å². The van der Waals surface area contributed by atoms with Crippen molar-refractivity contribution in [2.24, 2.45) is 0 Å². The zero-order valence-electron chi connectivity index (χ0n) is 7.50. The molecule has 0 saturated heterocycles. The van der Waals surface area contributed by atoms with Crippen molar-refractivity contribution in [2.75, 3.05) is 7.05 Å². The minimum absolute atomic E-state index is 0.420. The molecule has 1 aromatic rings. The summed E-state index contributed by atoms with van der Waals surface area (Å²) in [7, 11) is 1.45. The van der Waals surface area contributed by atoms with Gasteiger partial charge in [0.15, 0.2) is 0 Å². The van der Waals surface area contributed by atoms with Crippen molar-refractivity contribution in [2.45, 2.75) is 0 Å². The Morgan fingerprint density at radius 2 is 1.79 bits per heavy atom. The van der Waals surface area contributed by atoms with E-state index in [1.807, 2.05) is 0 Å². The van der Waals surface area contributed by atoms with Gasteiger partial charge in [0.1, 0.15) is 0 Å². The van der Waals surface area contributed by atoms with Gasteiger partial charge >= 0.3 is 6.03 Å². The number of benzene rings is 1. The first-order valence-corrected chi connectivity index (χ1v) is 4.71. The van der Waals surface area contributed by atoms with Gasteiger partial charge in [-0.05, 0) is 24.3 Å². The Morgan fingerprint density at radius 3 is 2.29 bits per heavy atom. The molecule has 4 nitrogen and oxygen atoms in total. The second-order valence-corrected chi connectivity index (χ2v) is 3.46. The van der Waals surface area contributed by atoms with Gasteiger partial charge in [-0.15, -0.1) is 0 Å². The summed E-state index contributed by atoms with van der Waals surface area (Å²) in [5.74, 6) is -0.420. The Balaban J connectivity index is 2.70. The van der Waals surface area contributed by atoms with Crippen LogP contribution in [0.3, 0.4) is 0 Å². The van der Waals surface area contributed by atoms with E-state index < -0.39 is 11.9 Å². The molecule has 1 aromatic carbocycles. The van der Waals surface area contributed by atoms with Crippen molar-refractivity contribution in [1.29, 1.82) is 0 Å². The molecule has 0 aromatic heterocycles. The average Bonchev–Trinajstić information content (AvgIpc) is 2.18. The van der Waals surface area contributed by atoms with Gasteiger partial charge in [-0.2, -0.15) is 0 Å². The first kappa shape index (κ1) is 10.7. The fourth-order valence-electron chi connectivity index (χ4n) is 0.839. The molecule has 74 valence electrons. The topological polar surface area (TPSA) is 58.2 Å². The lowest BCUT2D eigenvalue weighted by Gasteiger charge is -2.02. The van der Waals surface area contributed by atoms with Crippen LogP contribution in [0.15, 0.2) is 28.7 Å². The largest absolute Gasteiger partial charge is 0.341 e. The molecule has 0 unspecified atom stereocenters. The monoisotopic (exact) mass is 256 g/mol. The van der Waals surface area contributed by atoms with Gasteiger partial charge in [0.2, 0.25) is 0 Å². The smallest absolute Gasteiger partial charge is 0.321 e. The van der Waals surface area contributed by atoms with Crippen LogP contribution in [0.4, 0.5) is 4.79 Å². The normalized spacial score (nSPS) is 9.29. The number of amides is 3. The van der Waals surface area contributed by atoms with E-state index >= 15 is 0 Å². The summed E-state index contributed by atoms with van der Waals surface area (Å²) in [6.07, 6.45) is 0. The summed E-state index contributed by atoms with van der Waals surface area (Å²) in [5, 5.41) is 4.46. The lowest BCUT2D eigenvalue weighted by molar-refractivity contribution is 0.0964. The number of nitrogens with one attached hydrogen (secondary N) is 2. The highest BCUT2D eigenvalue weighted by Gasteiger charge is 2.07. The number of halogens is 1. The number of hydrogen-bond acceptors (Lipinski definition) is 2. The fraction of sp³-hybridized carbons (Fsp3) is 0.111. The first-order chi connectivity index (χ1) is 6.63. The van der Waals surface area contributed by atoms with Crippen LogP contribution in [-0.4, -0.2) is 19.0 Å². The highest BCUT2D eigenvalue weighted by molar-refractivity contribution is 9.10. The van der Waals surface area contributed by atoms with Crippen LogP contribution in [0.1, 0.15) is 10.4 Å². The van der Waals surface area contributed by atoms with E-state index in [-0.39, 0.29) is 0 Å². The molecular formula is C9H9BrN2O2. The van der Waals surface area contributed by atoms with Crippen molar-refractivity contribution in [3.63, 3.8) is 0 Å². The van der Waals surface area contributed by atoms with Crippen LogP contribution < -0.4 is 10.6 Å². The van der Waals surface area contributed by atoms with Crippen molar-refractivity contribution in [1.82, 2.24) is 10.6 Å². The zero-order valence-corrected chi connectivity index (χ0v) is 9.09. The van der Waals surface area contributed by atoms with Gasteiger partial charge in [-0.1, -0.05) is 15.9 Å². The maximum absolute atomic E-state index is 11.3. The quantitative estimate of drug-likeness (QED) is 0.801. The number of imide groups is 1. The molecule has 0 radical (unpaired) electrons. The van der Waals surface area contributed by atoms with E-state index in [4.69, 9.17) is 0 Å². The lowest BCUT2D eigenvalue weighted by Crippen LogP contribution is -2.37. The Morgan fingerprint density at radius 1 is 1.21 bits per heavy atom. The van der Waals surface area contributed by atoms with Gasteiger partial charge < -0.3 is 5.32 Å². The molecular weight excluding hydrogens is 248 g/mol. The van der Waals surface area contributed by atoms with Gasteiger partial charge in [0, 0.05) is 17.1 Å². The molecule has 3 amide bonds. The van der Waals surface area contributed by atoms with Gasteiger partial charge in [-0.3, -0.25) is 10.1 Å². The summed E-state index contributed by atoms with van der Waals surface area (Å²) in [6.45, 7) is 0. The van der Waals surface area contributed by atoms with E-state index in [9.17, 15) is 9.59 Å². The maximum Gasteiger partial charge on any atom is 0.321 e. The van der Waals surface area contributed by atoms with Crippen LogP contribution in [0.25, 0.3) is 0 Å². The van der Waals surface area contributed by atoms with Crippen LogP contribution in [0.5, 0.6) is 0 Å². The fourth-order valence-corrected chi connectivity index (χ4v) is 1.10. The molecule has 0 aliphatic heterocycles. The summed E-state index contributed by atoms with van der Waals surface area (Å²) in [6, 6.07) is 6.21. The number of carbonyl (C=O) groups is 2. The predicted octanol–water partition coefficient (Wildman–Crippen LogP) is 1.52. The van der Waals surface area contributed by atoms with E-state index in [1.165, 1.54) is 7.05 Å². The highest BCUT2D eigenvalue weighted by atomic mass is 79.9. The molecule has 0 heterocycles. The minimum atomic E-state index is -0.516. The van der Waals surface area contributed by atoms with Crippen molar-refractivity contribution >= 4 is 27.9 Å². The van der Waals surface area contributed by atoms with E-state index in [0.29, 0.717) is 5.56 Å². The summed E-state index contributed by atoms with van der Waals surface area (Å²) in [4.78, 5) is 22.1. The Kier molecular flexibility index (Phi) is 3.64.